The molecule has 0 spiro atoms. The van der Waals surface area contributed by atoms with Crippen LogP contribution in [0, 0.1) is 15.9 Å². The molecule has 0 atom stereocenters. The fourth-order valence-electron chi connectivity index (χ4n) is 1.87. The summed E-state index contributed by atoms with van der Waals surface area (Å²) in [4.78, 5) is 23.6. The Morgan fingerprint density at radius 2 is 1.95 bits per heavy atom. The van der Waals surface area contributed by atoms with E-state index in [0.29, 0.717) is 11.3 Å². The third kappa shape index (κ3) is 4.02. The zero-order chi connectivity index (χ0) is 16.1. The number of rotatable bonds is 4. The summed E-state index contributed by atoms with van der Waals surface area (Å²) >= 11 is 0. The van der Waals surface area contributed by atoms with Gasteiger partial charge in [0.25, 0.3) is 5.69 Å². The lowest BCUT2D eigenvalue weighted by molar-refractivity contribution is -0.384. The van der Waals surface area contributed by atoms with E-state index in [1.165, 1.54) is 41.3 Å². The van der Waals surface area contributed by atoms with Crippen LogP contribution in [-0.4, -0.2) is 22.9 Å². The SMILES string of the molecule is CN(Cc1cccc([N+](=O)[O-])c1)C(=O)Nc1ccc(F)cc1. The number of non-ortho nitro benzene ring substituents is 1. The summed E-state index contributed by atoms with van der Waals surface area (Å²) < 4.78 is 12.8. The van der Waals surface area contributed by atoms with E-state index >= 15 is 0 Å². The minimum atomic E-state index is -0.484. The Labute approximate surface area is 126 Å². The number of urea groups is 1. The Morgan fingerprint density at radius 1 is 1.27 bits per heavy atom. The Bertz CT molecular complexity index is 689. The summed E-state index contributed by atoms with van der Waals surface area (Å²) in [5.74, 6) is -0.386. The number of nitrogens with zero attached hydrogens (tertiary/aromatic N) is 2. The number of nitro benzene ring substituents is 1. The highest BCUT2D eigenvalue weighted by Crippen LogP contribution is 2.15. The predicted molar refractivity (Wildman–Crippen MR) is 80.0 cm³/mol. The maximum Gasteiger partial charge on any atom is 0.321 e. The van der Waals surface area contributed by atoms with Crippen LogP contribution in [0.15, 0.2) is 48.5 Å². The molecule has 114 valence electrons. The molecule has 22 heavy (non-hydrogen) atoms. The molecule has 0 unspecified atom stereocenters. The third-order valence-electron chi connectivity index (χ3n) is 2.98. The molecule has 0 heterocycles. The first-order chi connectivity index (χ1) is 10.5. The second kappa shape index (κ2) is 6.66. The van der Waals surface area contributed by atoms with Crippen molar-refractivity contribution in [3.05, 3.63) is 70.0 Å². The monoisotopic (exact) mass is 303 g/mol. The maximum atomic E-state index is 12.8. The molecule has 1 N–H and O–H groups in total. The van der Waals surface area contributed by atoms with Gasteiger partial charge < -0.3 is 10.2 Å². The van der Waals surface area contributed by atoms with E-state index < -0.39 is 11.0 Å². The van der Waals surface area contributed by atoms with Crippen molar-refractivity contribution in [2.24, 2.45) is 0 Å². The molecule has 0 aliphatic heterocycles. The van der Waals surface area contributed by atoms with E-state index in [9.17, 15) is 19.3 Å². The third-order valence-corrected chi connectivity index (χ3v) is 2.98. The second-order valence-corrected chi connectivity index (χ2v) is 4.72. The minimum absolute atomic E-state index is 0.0233. The molecule has 0 saturated carbocycles. The molecule has 0 aliphatic rings. The van der Waals surface area contributed by atoms with E-state index in [-0.39, 0.29) is 18.0 Å². The first-order valence-corrected chi connectivity index (χ1v) is 6.47. The topological polar surface area (TPSA) is 75.5 Å². The molecule has 2 amide bonds. The van der Waals surface area contributed by atoms with Crippen LogP contribution in [0.25, 0.3) is 0 Å². The lowest BCUT2D eigenvalue weighted by Crippen LogP contribution is -2.30. The van der Waals surface area contributed by atoms with Gasteiger partial charge >= 0.3 is 6.03 Å². The first kappa shape index (κ1) is 15.4. The molecule has 0 fully saturated rings. The van der Waals surface area contributed by atoms with Crippen molar-refractivity contribution in [2.75, 3.05) is 12.4 Å². The van der Waals surface area contributed by atoms with Crippen LogP contribution in [0.4, 0.5) is 20.6 Å². The Balaban J connectivity index is 2.00. The fourth-order valence-corrected chi connectivity index (χ4v) is 1.87. The molecule has 0 aromatic heterocycles. The van der Waals surface area contributed by atoms with Crippen LogP contribution in [0.2, 0.25) is 0 Å². The number of benzene rings is 2. The predicted octanol–water partition coefficient (Wildman–Crippen LogP) is 3.40. The lowest BCUT2D eigenvalue weighted by atomic mass is 10.2. The standard InChI is InChI=1S/C15H14FN3O3/c1-18(10-11-3-2-4-14(9-11)19(21)22)15(20)17-13-7-5-12(16)6-8-13/h2-9H,10H2,1H3,(H,17,20). The van der Waals surface area contributed by atoms with Crippen molar-refractivity contribution in [1.29, 1.82) is 0 Å². The fraction of sp³-hybridized carbons (Fsp3) is 0.133. The largest absolute Gasteiger partial charge is 0.323 e. The van der Waals surface area contributed by atoms with Gasteiger partial charge in [0.15, 0.2) is 0 Å². The summed E-state index contributed by atoms with van der Waals surface area (Å²) in [6.07, 6.45) is 0. The number of amides is 2. The molecule has 2 aromatic carbocycles. The Morgan fingerprint density at radius 3 is 2.59 bits per heavy atom. The first-order valence-electron chi connectivity index (χ1n) is 6.47. The molecule has 0 bridgehead atoms. The highest BCUT2D eigenvalue weighted by Gasteiger charge is 2.12. The molecule has 7 heteroatoms. The number of hydrogen-bond donors (Lipinski definition) is 1. The van der Waals surface area contributed by atoms with Gasteiger partial charge in [0.1, 0.15) is 5.82 Å². The maximum absolute atomic E-state index is 12.8. The van der Waals surface area contributed by atoms with E-state index in [4.69, 9.17) is 0 Å². The molecule has 6 nitrogen and oxygen atoms in total. The van der Waals surface area contributed by atoms with Gasteiger partial charge in [-0.1, -0.05) is 12.1 Å². The number of carbonyl (C=O) groups is 1. The van der Waals surface area contributed by atoms with Gasteiger partial charge in [-0.15, -0.1) is 0 Å². The highest BCUT2D eigenvalue weighted by atomic mass is 19.1. The van der Waals surface area contributed by atoms with Gasteiger partial charge in [0.05, 0.1) is 4.92 Å². The van der Waals surface area contributed by atoms with Crippen molar-refractivity contribution in [3.8, 4) is 0 Å². The summed E-state index contributed by atoms with van der Waals surface area (Å²) in [6.45, 7) is 0.217. The van der Waals surface area contributed by atoms with Gasteiger partial charge in [0, 0.05) is 31.4 Å². The lowest BCUT2D eigenvalue weighted by Gasteiger charge is -2.18. The molecular formula is C15H14FN3O3. The summed E-state index contributed by atoms with van der Waals surface area (Å²) in [5.41, 5.74) is 1.09. The highest BCUT2D eigenvalue weighted by molar-refractivity contribution is 5.89. The number of hydrogen-bond acceptors (Lipinski definition) is 3. The summed E-state index contributed by atoms with van der Waals surface area (Å²) in [6, 6.07) is 11.1. The van der Waals surface area contributed by atoms with Crippen LogP contribution >= 0.6 is 0 Å². The average Bonchev–Trinajstić information content (AvgIpc) is 2.49. The smallest absolute Gasteiger partial charge is 0.321 e. The number of halogens is 1. The van der Waals surface area contributed by atoms with Crippen LogP contribution in [0.3, 0.4) is 0 Å². The zero-order valence-corrected chi connectivity index (χ0v) is 11.8. The normalized spacial score (nSPS) is 10.1. The minimum Gasteiger partial charge on any atom is -0.323 e. The van der Waals surface area contributed by atoms with Crippen LogP contribution in [-0.2, 0) is 6.54 Å². The van der Waals surface area contributed by atoms with Crippen LogP contribution in [0.1, 0.15) is 5.56 Å². The van der Waals surface area contributed by atoms with Gasteiger partial charge in [0.2, 0.25) is 0 Å². The van der Waals surface area contributed by atoms with Gasteiger partial charge in [-0.25, -0.2) is 9.18 Å². The number of anilines is 1. The van der Waals surface area contributed by atoms with E-state index in [1.807, 2.05) is 0 Å². The second-order valence-electron chi connectivity index (χ2n) is 4.72. The quantitative estimate of drug-likeness (QED) is 0.694. The van der Waals surface area contributed by atoms with Crippen molar-refractivity contribution < 1.29 is 14.1 Å². The van der Waals surface area contributed by atoms with E-state index in [1.54, 1.807) is 19.2 Å². The van der Waals surface area contributed by atoms with E-state index in [0.717, 1.165) is 0 Å². The Kier molecular flexibility index (Phi) is 4.67. The van der Waals surface area contributed by atoms with Crippen molar-refractivity contribution >= 4 is 17.4 Å². The van der Waals surface area contributed by atoms with E-state index in [2.05, 4.69) is 5.32 Å². The van der Waals surface area contributed by atoms with Gasteiger partial charge in [-0.05, 0) is 29.8 Å². The number of nitro groups is 1. The molecule has 2 aromatic rings. The average molecular weight is 303 g/mol. The van der Waals surface area contributed by atoms with Crippen LogP contribution < -0.4 is 5.32 Å². The van der Waals surface area contributed by atoms with Gasteiger partial charge in [-0.2, -0.15) is 0 Å². The molecule has 0 saturated heterocycles. The summed E-state index contributed by atoms with van der Waals surface area (Å²) in [5, 5.41) is 13.3. The number of carbonyl (C=O) groups excluding carboxylic acids is 1. The number of nitrogens with one attached hydrogen (secondary N) is 1. The van der Waals surface area contributed by atoms with Crippen molar-refractivity contribution in [3.63, 3.8) is 0 Å². The molecule has 0 aliphatic carbocycles. The summed E-state index contributed by atoms with van der Waals surface area (Å²) in [7, 11) is 1.57. The van der Waals surface area contributed by atoms with Crippen molar-refractivity contribution in [1.82, 2.24) is 4.90 Å². The molecular weight excluding hydrogens is 289 g/mol. The Hall–Kier alpha value is -2.96. The molecule has 0 radical (unpaired) electrons. The van der Waals surface area contributed by atoms with Crippen molar-refractivity contribution in [2.45, 2.75) is 6.54 Å². The van der Waals surface area contributed by atoms with Crippen LogP contribution in [0.5, 0.6) is 0 Å². The zero-order valence-electron chi connectivity index (χ0n) is 11.8. The van der Waals surface area contributed by atoms with Gasteiger partial charge in [-0.3, -0.25) is 10.1 Å². The molecule has 2 rings (SSSR count).